The first kappa shape index (κ1) is 15.1. The molecule has 0 N–H and O–H groups in total. The Labute approximate surface area is 128 Å². The van der Waals surface area contributed by atoms with Crippen molar-refractivity contribution in [2.45, 2.75) is 24.8 Å². The van der Waals surface area contributed by atoms with Gasteiger partial charge in [-0.3, -0.25) is 4.79 Å². The maximum absolute atomic E-state index is 12.1. The normalized spacial score (nSPS) is 10.5. The Balaban J connectivity index is 1.92. The summed E-state index contributed by atoms with van der Waals surface area (Å²) < 4.78 is 0. The SMILES string of the molecule is CCCc1ccc(C(=O)CSc2ccc(Cl)cn2)cc1. The number of rotatable bonds is 6. The Bertz CT molecular complexity index is 566. The minimum atomic E-state index is 0.120. The summed E-state index contributed by atoms with van der Waals surface area (Å²) in [7, 11) is 0. The first-order valence-corrected chi connectivity index (χ1v) is 7.92. The molecule has 20 heavy (non-hydrogen) atoms. The van der Waals surface area contributed by atoms with Gasteiger partial charge in [0.2, 0.25) is 0 Å². The molecule has 2 aromatic rings. The van der Waals surface area contributed by atoms with Crippen molar-refractivity contribution in [2.75, 3.05) is 5.75 Å². The molecular weight excluding hydrogens is 290 g/mol. The molecule has 0 aliphatic rings. The Hall–Kier alpha value is -1.32. The minimum Gasteiger partial charge on any atom is -0.293 e. The smallest absolute Gasteiger partial charge is 0.173 e. The Kier molecular flexibility index (Phi) is 5.62. The van der Waals surface area contributed by atoms with E-state index in [1.807, 2.05) is 30.3 Å². The number of aryl methyl sites for hydroxylation is 1. The van der Waals surface area contributed by atoms with Gasteiger partial charge in [-0.2, -0.15) is 0 Å². The van der Waals surface area contributed by atoms with Crippen LogP contribution in [0, 0.1) is 0 Å². The zero-order chi connectivity index (χ0) is 14.4. The molecule has 0 amide bonds. The summed E-state index contributed by atoms with van der Waals surface area (Å²) in [5.74, 6) is 0.511. The summed E-state index contributed by atoms with van der Waals surface area (Å²) in [4.78, 5) is 16.2. The van der Waals surface area contributed by atoms with Gasteiger partial charge in [0.15, 0.2) is 5.78 Å². The molecular formula is C16H16ClNOS. The van der Waals surface area contributed by atoms with Crippen molar-refractivity contribution < 1.29 is 4.79 Å². The minimum absolute atomic E-state index is 0.120. The number of carbonyl (C=O) groups is 1. The molecule has 0 saturated carbocycles. The lowest BCUT2D eigenvalue weighted by Gasteiger charge is -2.03. The molecule has 1 aromatic carbocycles. The zero-order valence-corrected chi connectivity index (χ0v) is 12.9. The standard InChI is InChI=1S/C16H16ClNOS/c1-2-3-12-4-6-13(7-5-12)15(19)11-20-16-9-8-14(17)10-18-16/h4-10H,2-3,11H2,1H3. The largest absolute Gasteiger partial charge is 0.293 e. The van der Waals surface area contributed by atoms with Crippen LogP contribution in [0.5, 0.6) is 0 Å². The summed E-state index contributed by atoms with van der Waals surface area (Å²) in [6.45, 7) is 2.15. The second kappa shape index (κ2) is 7.46. The lowest BCUT2D eigenvalue weighted by Crippen LogP contribution is -2.02. The lowest BCUT2D eigenvalue weighted by atomic mass is 10.1. The quantitative estimate of drug-likeness (QED) is 0.574. The van der Waals surface area contributed by atoms with E-state index >= 15 is 0 Å². The summed E-state index contributed by atoms with van der Waals surface area (Å²) in [6, 6.07) is 11.5. The number of thioether (sulfide) groups is 1. The first-order valence-electron chi connectivity index (χ1n) is 6.55. The molecule has 4 heteroatoms. The van der Waals surface area contributed by atoms with Crippen LogP contribution in [0.3, 0.4) is 0 Å². The average Bonchev–Trinajstić information content (AvgIpc) is 2.47. The Morgan fingerprint density at radius 2 is 1.95 bits per heavy atom. The van der Waals surface area contributed by atoms with Crippen molar-refractivity contribution >= 4 is 29.1 Å². The second-order valence-electron chi connectivity index (χ2n) is 4.47. The monoisotopic (exact) mass is 305 g/mol. The maximum Gasteiger partial charge on any atom is 0.173 e. The molecule has 0 atom stereocenters. The van der Waals surface area contributed by atoms with Gasteiger partial charge in [-0.15, -0.1) is 0 Å². The van der Waals surface area contributed by atoms with Gasteiger partial charge in [0.05, 0.1) is 15.8 Å². The third-order valence-corrected chi connectivity index (χ3v) is 4.03. The van der Waals surface area contributed by atoms with Crippen molar-refractivity contribution in [3.63, 3.8) is 0 Å². The van der Waals surface area contributed by atoms with Gasteiger partial charge >= 0.3 is 0 Å². The molecule has 0 aliphatic heterocycles. The lowest BCUT2D eigenvalue weighted by molar-refractivity contribution is 0.102. The van der Waals surface area contributed by atoms with E-state index in [2.05, 4.69) is 11.9 Å². The second-order valence-corrected chi connectivity index (χ2v) is 5.91. The highest BCUT2D eigenvalue weighted by Gasteiger charge is 2.07. The number of carbonyl (C=O) groups excluding carboxylic acids is 1. The number of benzene rings is 1. The topological polar surface area (TPSA) is 30.0 Å². The zero-order valence-electron chi connectivity index (χ0n) is 11.3. The van der Waals surface area contributed by atoms with E-state index in [1.54, 1.807) is 12.3 Å². The van der Waals surface area contributed by atoms with Gasteiger partial charge < -0.3 is 0 Å². The molecule has 0 fully saturated rings. The number of ketones is 1. The number of hydrogen-bond acceptors (Lipinski definition) is 3. The van der Waals surface area contributed by atoms with Crippen molar-refractivity contribution in [3.05, 3.63) is 58.7 Å². The van der Waals surface area contributed by atoms with Crippen molar-refractivity contribution in [1.29, 1.82) is 0 Å². The van der Waals surface area contributed by atoms with E-state index < -0.39 is 0 Å². The van der Waals surface area contributed by atoms with Crippen LogP contribution in [-0.4, -0.2) is 16.5 Å². The maximum atomic E-state index is 12.1. The van der Waals surface area contributed by atoms with Crippen LogP contribution in [0.1, 0.15) is 29.3 Å². The number of pyridine rings is 1. The molecule has 104 valence electrons. The Morgan fingerprint density at radius 1 is 1.20 bits per heavy atom. The molecule has 0 aliphatic carbocycles. The van der Waals surface area contributed by atoms with E-state index in [1.165, 1.54) is 17.3 Å². The van der Waals surface area contributed by atoms with E-state index in [0.717, 1.165) is 23.4 Å². The third-order valence-electron chi connectivity index (χ3n) is 2.87. The van der Waals surface area contributed by atoms with Gasteiger partial charge in [-0.25, -0.2) is 4.98 Å². The molecule has 0 unspecified atom stereocenters. The van der Waals surface area contributed by atoms with Crippen LogP contribution in [-0.2, 0) is 6.42 Å². The van der Waals surface area contributed by atoms with E-state index in [0.29, 0.717) is 10.8 Å². The third kappa shape index (κ3) is 4.36. The van der Waals surface area contributed by atoms with Crippen LogP contribution < -0.4 is 0 Å². The highest BCUT2D eigenvalue weighted by atomic mass is 35.5. The van der Waals surface area contributed by atoms with E-state index in [-0.39, 0.29) is 5.78 Å². The van der Waals surface area contributed by atoms with Gasteiger partial charge in [-0.05, 0) is 24.1 Å². The highest BCUT2D eigenvalue weighted by Crippen LogP contribution is 2.19. The van der Waals surface area contributed by atoms with Gasteiger partial charge in [0.25, 0.3) is 0 Å². The molecule has 2 nitrogen and oxygen atoms in total. The summed E-state index contributed by atoms with van der Waals surface area (Å²) in [5.41, 5.74) is 2.03. The number of hydrogen-bond donors (Lipinski definition) is 0. The van der Waals surface area contributed by atoms with Crippen LogP contribution >= 0.6 is 23.4 Å². The fraction of sp³-hybridized carbons (Fsp3) is 0.250. The van der Waals surface area contributed by atoms with Crippen LogP contribution in [0.2, 0.25) is 5.02 Å². The highest BCUT2D eigenvalue weighted by molar-refractivity contribution is 7.99. The molecule has 2 rings (SSSR count). The molecule has 1 heterocycles. The van der Waals surface area contributed by atoms with Crippen molar-refractivity contribution in [1.82, 2.24) is 4.98 Å². The number of halogens is 1. The number of aromatic nitrogens is 1. The molecule has 0 radical (unpaired) electrons. The summed E-state index contributed by atoms with van der Waals surface area (Å²) in [6.07, 6.45) is 3.76. The molecule has 0 bridgehead atoms. The fourth-order valence-corrected chi connectivity index (χ4v) is 2.67. The van der Waals surface area contributed by atoms with E-state index in [4.69, 9.17) is 11.6 Å². The predicted octanol–water partition coefficient (Wildman–Crippen LogP) is 4.66. The predicted molar refractivity (Wildman–Crippen MR) is 84.7 cm³/mol. The molecule has 1 aromatic heterocycles. The van der Waals surface area contributed by atoms with Crippen LogP contribution in [0.15, 0.2) is 47.6 Å². The van der Waals surface area contributed by atoms with Gasteiger partial charge in [0.1, 0.15) is 0 Å². The average molecular weight is 306 g/mol. The van der Waals surface area contributed by atoms with Crippen molar-refractivity contribution in [2.24, 2.45) is 0 Å². The fourth-order valence-electron chi connectivity index (χ4n) is 1.82. The first-order chi connectivity index (χ1) is 9.69. The summed E-state index contributed by atoms with van der Waals surface area (Å²) in [5, 5.41) is 1.41. The van der Waals surface area contributed by atoms with Crippen molar-refractivity contribution in [3.8, 4) is 0 Å². The van der Waals surface area contributed by atoms with Crippen LogP contribution in [0.4, 0.5) is 0 Å². The Morgan fingerprint density at radius 3 is 2.55 bits per heavy atom. The molecule has 0 spiro atoms. The molecule has 0 saturated heterocycles. The van der Waals surface area contributed by atoms with E-state index in [9.17, 15) is 4.79 Å². The van der Waals surface area contributed by atoms with Crippen LogP contribution in [0.25, 0.3) is 0 Å². The number of Topliss-reactive ketones (excluding diaryl/α,β-unsaturated/α-hetero) is 1. The number of nitrogens with zero attached hydrogens (tertiary/aromatic N) is 1. The van der Waals surface area contributed by atoms with Gasteiger partial charge in [-0.1, -0.05) is 61.0 Å². The summed E-state index contributed by atoms with van der Waals surface area (Å²) >= 11 is 7.20. The van der Waals surface area contributed by atoms with Gasteiger partial charge in [0, 0.05) is 11.8 Å².